The molecule has 0 aromatic heterocycles. The number of rotatable bonds is 8. The smallest absolute Gasteiger partial charge is 0.323 e. The van der Waals surface area contributed by atoms with Gasteiger partial charge in [0.1, 0.15) is 13.1 Å². The second-order valence-corrected chi connectivity index (χ2v) is 5.44. The largest absolute Gasteiger partial charge is 0.480 e. The number of hydrogen-bond donors (Lipinski definition) is 3. The maximum atomic E-state index is 11.8. The van der Waals surface area contributed by atoms with Gasteiger partial charge in [-0.15, -0.1) is 0 Å². The van der Waals surface area contributed by atoms with E-state index < -0.39 is 31.1 Å². The Kier molecular flexibility index (Phi) is 6.93. The molecule has 1 aliphatic rings. The van der Waals surface area contributed by atoms with Gasteiger partial charge in [-0.3, -0.25) is 9.59 Å². The predicted octanol–water partition coefficient (Wildman–Crippen LogP) is -0.101. The van der Waals surface area contributed by atoms with E-state index in [2.05, 4.69) is 10.2 Å². The number of carboxylic acid groups (broad SMARTS) is 2. The summed E-state index contributed by atoms with van der Waals surface area (Å²) in [4.78, 5) is 36.2. The molecule has 3 N–H and O–H groups in total. The Morgan fingerprint density at radius 3 is 2.14 bits per heavy atom. The predicted molar refractivity (Wildman–Crippen MR) is 75.1 cm³/mol. The van der Waals surface area contributed by atoms with Crippen LogP contribution in [0.3, 0.4) is 0 Å². The third-order valence-corrected chi connectivity index (χ3v) is 3.31. The van der Waals surface area contributed by atoms with Crippen LogP contribution in [0.2, 0.25) is 0 Å². The Morgan fingerprint density at radius 1 is 1.14 bits per heavy atom. The van der Waals surface area contributed by atoms with E-state index in [1.165, 1.54) is 12.8 Å². The van der Waals surface area contributed by atoms with Crippen LogP contribution in [0, 0.1) is 5.92 Å². The molecule has 0 bridgehead atoms. The zero-order valence-corrected chi connectivity index (χ0v) is 12.2. The van der Waals surface area contributed by atoms with E-state index in [1.54, 1.807) is 0 Å². The lowest BCUT2D eigenvalue weighted by Gasteiger charge is -2.23. The maximum absolute atomic E-state index is 11.8. The lowest BCUT2D eigenvalue weighted by Crippen LogP contribution is -2.47. The molecular formula is C13H23N3O5. The highest BCUT2D eigenvalue weighted by molar-refractivity contribution is 5.84. The molecule has 0 aliphatic carbocycles. The van der Waals surface area contributed by atoms with E-state index in [9.17, 15) is 14.4 Å². The molecule has 120 valence electrons. The Balaban J connectivity index is 2.36. The number of aliphatic carboxylic acids is 2. The number of likely N-dealkylation sites (tertiary alicyclic amines) is 1. The lowest BCUT2D eigenvalue weighted by molar-refractivity contribution is -0.140. The van der Waals surface area contributed by atoms with Crippen LogP contribution in [0.15, 0.2) is 0 Å². The fourth-order valence-electron chi connectivity index (χ4n) is 2.37. The van der Waals surface area contributed by atoms with Crippen LogP contribution in [0.25, 0.3) is 0 Å². The van der Waals surface area contributed by atoms with Gasteiger partial charge in [-0.2, -0.15) is 0 Å². The highest BCUT2D eigenvalue weighted by atomic mass is 16.4. The SMILES string of the molecule is CC(CNC(=O)N(CC(=O)O)CC(=O)O)CN1CCCC1. The van der Waals surface area contributed by atoms with Crippen molar-refractivity contribution in [2.75, 3.05) is 39.3 Å². The van der Waals surface area contributed by atoms with E-state index in [0.717, 1.165) is 24.5 Å². The fraction of sp³-hybridized carbons (Fsp3) is 0.769. The number of nitrogens with one attached hydrogen (secondary N) is 1. The van der Waals surface area contributed by atoms with Gasteiger partial charge in [0.15, 0.2) is 0 Å². The quantitative estimate of drug-likeness (QED) is 0.577. The minimum Gasteiger partial charge on any atom is -0.480 e. The molecule has 2 amide bonds. The molecule has 1 heterocycles. The summed E-state index contributed by atoms with van der Waals surface area (Å²) in [7, 11) is 0. The second-order valence-electron chi connectivity index (χ2n) is 5.44. The summed E-state index contributed by atoms with van der Waals surface area (Å²) >= 11 is 0. The highest BCUT2D eigenvalue weighted by Crippen LogP contribution is 2.09. The molecular weight excluding hydrogens is 278 g/mol. The van der Waals surface area contributed by atoms with Crippen molar-refractivity contribution in [3.63, 3.8) is 0 Å². The molecule has 0 aromatic rings. The van der Waals surface area contributed by atoms with Crippen LogP contribution in [-0.2, 0) is 9.59 Å². The maximum Gasteiger partial charge on any atom is 0.323 e. The first-order valence-electron chi connectivity index (χ1n) is 7.07. The fourth-order valence-corrected chi connectivity index (χ4v) is 2.37. The van der Waals surface area contributed by atoms with Crippen LogP contribution in [0.4, 0.5) is 4.79 Å². The molecule has 0 spiro atoms. The van der Waals surface area contributed by atoms with Crippen molar-refractivity contribution in [3.8, 4) is 0 Å². The topological polar surface area (TPSA) is 110 Å². The Hall–Kier alpha value is -1.83. The molecule has 8 nitrogen and oxygen atoms in total. The van der Waals surface area contributed by atoms with Gasteiger partial charge in [0.2, 0.25) is 0 Å². The number of amides is 2. The molecule has 8 heteroatoms. The Bertz CT molecular complexity index is 366. The average molecular weight is 301 g/mol. The monoisotopic (exact) mass is 301 g/mol. The standard InChI is InChI=1S/C13H23N3O5/c1-10(7-15-4-2-3-5-15)6-14-13(21)16(8-11(17)18)9-12(19)20/h10H,2-9H2,1H3,(H,14,21)(H,17,18)(H,19,20). The molecule has 0 aromatic carbocycles. The van der Waals surface area contributed by atoms with Crippen LogP contribution >= 0.6 is 0 Å². The zero-order valence-electron chi connectivity index (χ0n) is 12.2. The minimum atomic E-state index is -1.24. The average Bonchev–Trinajstić information content (AvgIpc) is 2.86. The van der Waals surface area contributed by atoms with Crippen LogP contribution in [0.1, 0.15) is 19.8 Å². The van der Waals surface area contributed by atoms with Gasteiger partial charge in [0.05, 0.1) is 0 Å². The third-order valence-electron chi connectivity index (χ3n) is 3.31. The zero-order chi connectivity index (χ0) is 15.8. The molecule has 0 radical (unpaired) electrons. The van der Waals surface area contributed by atoms with Crippen LogP contribution in [-0.4, -0.2) is 77.3 Å². The van der Waals surface area contributed by atoms with Gasteiger partial charge in [0, 0.05) is 13.1 Å². The van der Waals surface area contributed by atoms with Gasteiger partial charge in [0.25, 0.3) is 0 Å². The molecule has 1 unspecified atom stereocenters. The summed E-state index contributed by atoms with van der Waals surface area (Å²) in [5.74, 6) is -2.25. The summed E-state index contributed by atoms with van der Waals surface area (Å²) < 4.78 is 0. The van der Waals surface area contributed by atoms with E-state index in [-0.39, 0.29) is 5.92 Å². The van der Waals surface area contributed by atoms with E-state index >= 15 is 0 Å². The molecule has 0 saturated carbocycles. The summed E-state index contributed by atoms with van der Waals surface area (Å²) in [5.41, 5.74) is 0. The number of urea groups is 1. The normalized spacial score (nSPS) is 16.4. The Labute approximate surface area is 123 Å². The summed E-state index contributed by atoms with van der Waals surface area (Å²) in [6.07, 6.45) is 2.40. The van der Waals surface area contributed by atoms with Crippen molar-refractivity contribution in [2.24, 2.45) is 5.92 Å². The minimum absolute atomic E-state index is 0.226. The Morgan fingerprint density at radius 2 is 1.67 bits per heavy atom. The second kappa shape index (κ2) is 8.46. The van der Waals surface area contributed by atoms with Crippen molar-refractivity contribution in [1.29, 1.82) is 0 Å². The van der Waals surface area contributed by atoms with Crippen molar-refractivity contribution in [2.45, 2.75) is 19.8 Å². The van der Waals surface area contributed by atoms with Crippen LogP contribution < -0.4 is 5.32 Å². The number of carbonyl (C=O) groups excluding carboxylic acids is 1. The lowest BCUT2D eigenvalue weighted by atomic mass is 10.1. The van der Waals surface area contributed by atoms with Gasteiger partial charge in [-0.25, -0.2) is 4.79 Å². The van der Waals surface area contributed by atoms with Gasteiger partial charge >= 0.3 is 18.0 Å². The van der Waals surface area contributed by atoms with E-state index in [0.29, 0.717) is 6.54 Å². The number of hydrogen-bond acceptors (Lipinski definition) is 4. The molecule has 1 fully saturated rings. The molecule has 1 saturated heterocycles. The summed E-state index contributed by atoms with van der Waals surface area (Å²) in [5, 5.41) is 20.0. The molecule has 1 rings (SSSR count). The summed E-state index contributed by atoms with van der Waals surface area (Å²) in [6.45, 7) is 4.16. The molecule has 21 heavy (non-hydrogen) atoms. The number of carboxylic acids is 2. The molecule has 1 atom stereocenters. The van der Waals surface area contributed by atoms with Crippen molar-refractivity contribution in [1.82, 2.24) is 15.1 Å². The number of nitrogens with zero attached hydrogens (tertiary/aromatic N) is 2. The first kappa shape index (κ1) is 17.2. The third kappa shape index (κ3) is 6.94. The van der Waals surface area contributed by atoms with E-state index in [1.807, 2.05) is 6.92 Å². The summed E-state index contributed by atoms with van der Waals surface area (Å²) in [6, 6.07) is -0.659. The van der Waals surface area contributed by atoms with Crippen LogP contribution in [0.5, 0.6) is 0 Å². The first-order chi connectivity index (χ1) is 9.88. The van der Waals surface area contributed by atoms with Gasteiger partial charge in [-0.05, 0) is 31.8 Å². The van der Waals surface area contributed by atoms with E-state index in [4.69, 9.17) is 10.2 Å². The van der Waals surface area contributed by atoms with Crippen molar-refractivity contribution in [3.05, 3.63) is 0 Å². The highest BCUT2D eigenvalue weighted by Gasteiger charge is 2.20. The molecule has 1 aliphatic heterocycles. The number of carbonyl (C=O) groups is 3. The van der Waals surface area contributed by atoms with Crippen molar-refractivity contribution >= 4 is 18.0 Å². The first-order valence-corrected chi connectivity index (χ1v) is 7.07. The van der Waals surface area contributed by atoms with Gasteiger partial charge < -0.3 is 25.3 Å². The van der Waals surface area contributed by atoms with Gasteiger partial charge in [-0.1, -0.05) is 6.92 Å². The van der Waals surface area contributed by atoms with Crippen molar-refractivity contribution < 1.29 is 24.6 Å².